The summed E-state index contributed by atoms with van der Waals surface area (Å²) in [5, 5.41) is 9.09. The van der Waals surface area contributed by atoms with Crippen molar-refractivity contribution in [2.45, 2.75) is 31.7 Å². The van der Waals surface area contributed by atoms with E-state index in [-0.39, 0.29) is 5.56 Å². The number of carboxylic acids is 1. The van der Waals surface area contributed by atoms with Crippen LogP contribution in [0.5, 0.6) is 0 Å². The summed E-state index contributed by atoms with van der Waals surface area (Å²) < 4.78 is 27.0. The van der Waals surface area contributed by atoms with E-state index < -0.39 is 36.0 Å². The summed E-state index contributed by atoms with van der Waals surface area (Å²) in [6, 6.07) is 2.48. The van der Waals surface area contributed by atoms with Crippen molar-refractivity contribution in [2.24, 2.45) is 0 Å². The number of carbonyl (C=O) groups is 2. The minimum Gasteiger partial charge on any atom is -0.480 e. The van der Waals surface area contributed by atoms with E-state index in [1.165, 1.54) is 11.0 Å². The van der Waals surface area contributed by atoms with E-state index in [2.05, 4.69) is 0 Å². The summed E-state index contributed by atoms with van der Waals surface area (Å²) in [5.41, 5.74) is -0.313. The molecule has 1 aliphatic rings. The first-order valence-electron chi connectivity index (χ1n) is 6.46. The standard InChI is InChI=1S/C14H15F2NO3/c15-10-4-3-5-11(16)9(10)8-13(18)17-7-2-1-6-12(17)14(19)20/h3-5,12H,1-2,6-8H2,(H,19,20). The molecule has 108 valence electrons. The molecule has 2 rings (SSSR count). The molecule has 1 fully saturated rings. The van der Waals surface area contributed by atoms with Crippen LogP contribution in [-0.4, -0.2) is 34.5 Å². The summed E-state index contributed by atoms with van der Waals surface area (Å²) in [4.78, 5) is 24.4. The van der Waals surface area contributed by atoms with Crippen molar-refractivity contribution in [1.29, 1.82) is 0 Å². The first kappa shape index (κ1) is 14.4. The average Bonchev–Trinajstić information content (AvgIpc) is 2.43. The van der Waals surface area contributed by atoms with Crippen LogP contribution in [0.1, 0.15) is 24.8 Å². The van der Waals surface area contributed by atoms with Gasteiger partial charge < -0.3 is 10.0 Å². The summed E-state index contributed by atoms with van der Waals surface area (Å²) in [5.74, 6) is -3.21. The van der Waals surface area contributed by atoms with E-state index in [0.717, 1.165) is 18.6 Å². The van der Waals surface area contributed by atoms with Crippen molar-refractivity contribution in [1.82, 2.24) is 4.90 Å². The zero-order chi connectivity index (χ0) is 14.7. The number of piperidine rings is 1. The number of amides is 1. The maximum atomic E-state index is 13.5. The van der Waals surface area contributed by atoms with Crippen LogP contribution in [0, 0.1) is 11.6 Å². The van der Waals surface area contributed by atoms with E-state index in [9.17, 15) is 18.4 Å². The van der Waals surface area contributed by atoms with Crippen molar-refractivity contribution in [3.63, 3.8) is 0 Å². The number of carbonyl (C=O) groups excluding carboxylic acids is 1. The van der Waals surface area contributed by atoms with Gasteiger partial charge in [0, 0.05) is 12.1 Å². The van der Waals surface area contributed by atoms with Gasteiger partial charge in [0.05, 0.1) is 6.42 Å². The third kappa shape index (κ3) is 2.95. The number of aliphatic carboxylic acids is 1. The fourth-order valence-electron chi connectivity index (χ4n) is 2.44. The second-order valence-corrected chi connectivity index (χ2v) is 4.81. The van der Waals surface area contributed by atoms with Gasteiger partial charge in [-0.25, -0.2) is 13.6 Å². The van der Waals surface area contributed by atoms with Crippen molar-refractivity contribution >= 4 is 11.9 Å². The Hall–Kier alpha value is -1.98. The molecular formula is C14H15F2NO3. The SMILES string of the molecule is O=C(O)C1CCCCN1C(=O)Cc1c(F)cccc1F. The van der Waals surface area contributed by atoms with Gasteiger partial charge in [-0.05, 0) is 31.4 Å². The second kappa shape index (κ2) is 5.98. The van der Waals surface area contributed by atoms with Gasteiger partial charge in [0.1, 0.15) is 17.7 Å². The molecule has 1 aromatic rings. The molecule has 1 N–H and O–H groups in total. The molecule has 1 aliphatic heterocycles. The van der Waals surface area contributed by atoms with Gasteiger partial charge >= 0.3 is 5.97 Å². The topological polar surface area (TPSA) is 57.6 Å². The van der Waals surface area contributed by atoms with Gasteiger partial charge in [-0.3, -0.25) is 4.79 Å². The quantitative estimate of drug-likeness (QED) is 0.922. The Labute approximate surface area is 115 Å². The predicted molar refractivity (Wildman–Crippen MR) is 67.0 cm³/mol. The van der Waals surface area contributed by atoms with E-state index in [4.69, 9.17) is 5.11 Å². The molecule has 1 atom stereocenters. The van der Waals surface area contributed by atoms with Crippen molar-refractivity contribution in [3.8, 4) is 0 Å². The Morgan fingerprint density at radius 1 is 1.25 bits per heavy atom. The number of likely N-dealkylation sites (tertiary alicyclic amines) is 1. The monoisotopic (exact) mass is 283 g/mol. The zero-order valence-corrected chi connectivity index (χ0v) is 10.8. The van der Waals surface area contributed by atoms with Gasteiger partial charge in [-0.1, -0.05) is 6.07 Å². The third-order valence-corrected chi connectivity index (χ3v) is 3.50. The fourth-order valence-corrected chi connectivity index (χ4v) is 2.44. The Kier molecular flexibility index (Phi) is 4.32. The number of halogens is 2. The van der Waals surface area contributed by atoms with Crippen LogP contribution in [0.3, 0.4) is 0 Å². The molecule has 0 spiro atoms. The van der Waals surface area contributed by atoms with Gasteiger partial charge in [0.25, 0.3) is 0 Å². The van der Waals surface area contributed by atoms with Crippen LogP contribution in [0.4, 0.5) is 8.78 Å². The maximum Gasteiger partial charge on any atom is 0.326 e. The van der Waals surface area contributed by atoms with Crippen LogP contribution < -0.4 is 0 Å². The highest BCUT2D eigenvalue weighted by molar-refractivity contribution is 5.85. The maximum absolute atomic E-state index is 13.5. The van der Waals surface area contributed by atoms with Crippen LogP contribution in [-0.2, 0) is 16.0 Å². The highest BCUT2D eigenvalue weighted by atomic mass is 19.1. The molecule has 4 nitrogen and oxygen atoms in total. The van der Waals surface area contributed by atoms with Gasteiger partial charge in [0.2, 0.25) is 5.91 Å². The lowest BCUT2D eigenvalue weighted by Gasteiger charge is -2.33. The van der Waals surface area contributed by atoms with Crippen molar-refractivity contribution in [2.75, 3.05) is 6.54 Å². The Morgan fingerprint density at radius 3 is 2.50 bits per heavy atom. The summed E-state index contributed by atoms with van der Waals surface area (Å²) >= 11 is 0. The van der Waals surface area contributed by atoms with Crippen molar-refractivity contribution in [3.05, 3.63) is 35.4 Å². The van der Waals surface area contributed by atoms with Crippen LogP contribution in [0.25, 0.3) is 0 Å². The molecule has 0 radical (unpaired) electrons. The molecule has 0 saturated carbocycles. The van der Waals surface area contributed by atoms with Crippen LogP contribution in [0.2, 0.25) is 0 Å². The summed E-state index contributed by atoms with van der Waals surface area (Å²) in [6.45, 7) is 0.311. The Morgan fingerprint density at radius 2 is 1.90 bits per heavy atom. The minimum absolute atomic E-state index is 0.311. The number of benzene rings is 1. The molecule has 1 saturated heterocycles. The number of nitrogens with zero attached hydrogens (tertiary/aromatic N) is 1. The number of carboxylic acid groups (broad SMARTS) is 1. The van der Waals surface area contributed by atoms with E-state index in [1.807, 2.05) is 0 Å². The smallest absolute Gasteiger partial charge is 0.326 e. The molecule has 6 heteroatoms. The zero-order valence-electron chi connectivity index (χ0n) is 10.8. The molecule has 0 bridgehead atoms. The molecular weight excluding hydrogens is 268 g/mol. The van der Waals surface area contributed by atoms with E-state index in [1.54, 1.807) is 0 Å². The van der Waals surface area contributed by atoms with Crippen molar-refractivity contribution < 1.29 is 23.5 Å². The fraction of sp³-hybridized carbons (Fsp3) is 0.429. The Balaban J connectivity index is 2.16. The lowest BCUT2D eigenvalue weighted by molar-refractivity contribution is -0.151. The number of hydrogen-bond donors (Lipinski definition) is 1. The highest BCUT2D eigenvalue weighted by Gasteiger charge is 2.32. The molecule has 1 heterocycles. The summed E-state index contributed by atoms with van der Waals surface area (Å²) in [7, 11) is 0. The van der Waals surface area contributed by atoms with E-state index in [0.29, 0.717) is 19.4 Å². The lowest BCUT2D eigenvalue weighted by Crippen LogP contribution is -2.48. The normalized spacial score (nSPS) is 18.9. The first-order valence-corrected chi connectivity index (χ1v) is 6.46. The molecule has 1 aromatic carbocycles. The largest absolute Gasteiger partial charge is 0.480 e. The lowest BCUT2D eigenvalue weighted by atomic mass is 10.0. The average molecular weight is 283 g/mol. The third-order valence-electron chi connectivity index (χ3n) is 3.50. The van der Waals surface area contributed by atoms with Gasteiger partial charge in [-0.15, -0.1) is 0 Å². The second-order valence-electron chi connectivity index (χ2n) is 4.81. The molecule has 1 unspecified atom stereocenters. The van der Waals surface area contributed by atoms with Gasteiger partial charge in [0.15, 0.2) is 0 Å². The molecule has 0 aliphatic carbocycles. The number of hydrogen-bond acceptors (Lipinski definition) is 2. The van der Waals surface area contributed by atoms with Crippen LogP contribution in [0.15, 0.2) is 18.2 Å². The van der Waals surface area contributed by atoms with Gasteiger partial charge in [-0.2, -0.15) is 0 Å². The predicted octanol–water partition coefficient (Wildman–Crippen LogP) is 1.97. The highest BCUT2D eigenvalue weighted by Crippen LogP contribution is 2.20. The summed E-state index contributed by atoms with van der Waals surface area (Å²) in [6.07, 6.45) is 1.35. The number of rotatable bonds is 3. The molecule has 20 heavy (non-hydrogen) atoms. The minimum atomic E-state index is -1.08. The van der Waals surface area contributed by atoms with E-state index >= 15 is 0 Å². The van der Waals surface area contributed by atoms with Crippen LogP contribution >= 0.6 is 0 Å². The Bertz CT molecular complexity index is 513. The molecule has 0 aromatic heterocycles. The molecule has 1 amide bonds. The first-order chi connectivity index (χ1) is 9.50.